The predicted octanol–water partition coefficient (Wildman–Crippen LogP) is 5.86. The molecule has 3 unspecified atom stereocenters. The molecule has 6 nitrogen and oxygen atoms in total. The molecule has 0 spiro atoms. The first-order chi connectivity index (χ1) is 14.8. The smallest absolute Gasteiger partial charge is 0.317 e. The molecule has 3 atom stereocenters. The zero-order valence-corrected chi connectivity index (χ0v) is 20.2. The number of aliphatic hydroxyl groups is 2. The molecule has 0 bridgehead atoms. The zero-order valence-electron chi connectivity index (χ0n) is 20.2. The third kappa shape index (κ3) is 6.50. The number of hydrogen-bond donors (Lipinski definition) is 2. The SMILES string of the molecule is CC(C)(C)OC(=O)C1CC/C=C(O)\C(O)=C/C1(C(=O)OC(C)(C)C)C1C/C=C\C=C/CC1. The molecule has 0 heterocycles. The van der Waals surface area contributed by atoms with Crippen LogP contribution in [0.25, 0.3) is 0 Å². The largest absolute Gasteiger partial charge is 0.504 e. The maximum absolute atomic E-state index is 13.9. The van der Waals surface area contributed by atoms with E-state index in [9.17, 15) is 19.8 Å². The van der Waals surface area contributed by atoms with Gasteiger partial charge in [-0.05, 0) is 91.7 Å². The van der Waals surface area contributed by atoms with Gasteiger partial charge in [-0.25, -0.2) is 0 Å². The van der Waals surface area contributed by atoms with Crippen LogP contribution in [0.1, 0.15) is 73.6 Å². The maximum Gasteiger partial charge on any atom is 0.317 e. The number of allylic oxidation sites excluding steroid dienone is 5. The minimum Gasteiger partial charge on any atom is -0.504 e. The number of aliphatic hydroxyl groups excluding tert-OH is 2. The Bertz CT molecular complexity index is 818. The van der Waals surface area contributed by atoms with Gasteiger partial charge in [-0.3, -0.25) is 9.59 Å². The van der Waals surface area contributed by atoms with Crippen LogP contribution in [0.5, 0.6) is 0 Å². The standard InChI is InChI=1S/C26H38O6/c1-24(2,3)31-22(29)19-15-12-16-20(27)21(28)17-26(19,23(30)32-25(4,5)6)18-13-10-8-7-9-11-14-18/h7-10,16-19,27-28H,11-15H2,1-6H3/b9-7-,10-8-,20-16+,21-17+. The number of carbonyl (C=O) groups excluding carboxylic acids is 2. The first kappa shape index (κ1) is 25.8. The van der Waals surface area contributed by atoms with Crippen molar-refractivity contribution in [1.29, 1.82) is 0 Å². The normalized spacial score (nSPS) is 32.4. The molecule has 0 aromatic heterocycles. The van der Waals surface area contributed by atoms with Crippen LogP contribution in [0.4, 0.5) is 0 Å². The summed E-state index contributed by atoms with van der Waals surface area (Å²) in [4.78, 5) is 27.4. The van der Waals surface area contributed by atoms with Crippen LogP contribution in [0, 0.1) is 17.3 Å². The fraction of sp³-hybridized carbons (Fsp3) is 0.615. The molecule has 0 amide bonds. The monoisotopic (exact) mass is 446 g/mol. The highest BCUT2D eigenvalue weighted by Gasteiger charge is 2.56. The summed E-state index contributed by atoms with van der Waals surface area (Å²) in [5.41, 5.74) is -3.05. The molecule has 2 aliphatic carbocycles. The highest BCUT2D eigenvalue weighted by molar-refractivity contribution is 5.88. The van der Waals surface area contributed by atoms with E-state index in [1.807, 2.05) is 24.3 Å². The van der Waals surface area contributed by atoms with E-state index in [2.05, 4.69) is 0 Å². The Balaban J connectivity index is 2.74. The summed E-state index contributed by atoms with van der Waals surface area (Å²) in [5, 5.41) is 21.0. The summed E-state index contributed by atoms with van der Waals surface area (Å²) in [6.45, 7) is 10.7. The second kappa shape index (κ2) is 9.97. The molecular formula is C26H38O6. The van der Waals surface area contributed by atoms with Gasteiger partial charge in [0.2, 0.25) is 0 Å². The van der Waals surface area contributed by atoms with Crippen LogP contribution >= 0.6 is 0 Å². The highest BCUT2D eigenvalue weighted by Crippen LogP contribution is 2.49. The molecule has 178 valence electrons. The lowest BCUT2D eigenvalue weighted by molar-refractivity contribution is -0.183. The third-order valence-corrected chi connectivity index (χ3v) is 5.61. The van der Waals surface area contributed by atoms with Gasteiger partial charge in [0.15, 0.2) is 11.5 Å². The molecule has 0 saturated heterocycles. The second-order valence-electron chi connectivity index (χ2n) is 10.6. The van der Waals surface area contributed by atoms with Gasteiger partial charge in [-0.1, -0.05) is 24.3 Å². The summed E-state index contributed by atoms with van der Waals surface area (Å²) in [7, 11) is 0. The summed E-state index contributed by atoms with van der Waals surface area (Å²) < 4.78 is 11.6. The van der Waals surface area contributed by atoms with Gasteiger partial charge < -0.3 is 19.7 Å². The lowest BCUT2D eigenvalue weighted by Gasteiger charge is -2.43. The molecule has 2 N–H and O–H groups in total. The molecule has 0 aromatic carbocycles. The third-order valence-electron chi connectivity index (χ3n) is 5.61. The van der Waals surface area contributed by atoms with E-state index >= 15 is 0 Å². The van der Waals surface area contributed by atoms with Crippen molar-refractivity contribution in [3.05, 3.63) is 48.0 Å². The molecule has 0 fully saturated rings. The van der Waals surface area contributed by atoms with Gasteiger partial charge in [0.25, 0.3) is 0 Å². The van der Waals surface area contributed by atoms with E-state index in [0.29, 0.717) is 25.7 Å². The van der Waals surface area contributed by atoms with Crippen molar-refractivity contribution in [2.24, 2.45) is 17.3 Å². The Kier molecular flexibility index (Phi) is 8.02. The number of rotatable bonds is 3. The Morgan fingerprint density at radius 2 is 1.53 bits per heavy atom. The fourth-order valence-corrected chi connectivity index (χ4v) is 4.30. The quantitative estimate of drug-likeness (QED) is 0.527. The van der Waals surface area contributed by atoms with Crippen LogP contribution in [0.3, 0.4) is 0 Å². The van der Waals surface area contributed by atoms with Crippen molar-refractivity contribution in [2.45, 2.75) is 84.8 Å². The van der Waals surface area contributed by atoms with Crippen molar-refractivity contribution in [1.82, 2.24) is 0 Å². The van der Waals surface area contributed by atoms with Crippen molar-refractivity contribution in [3.8, 4) is 0 Å². The number of ether oxygens (including phenoxy) is 2. The number of esters is 2. The molecular weight excluding hydrogens is 408 g/mol. The average molecular weight is 447 g/mol. The Morgan fingerprint density at radius 3 is 2.16 bits per heavy atom. The highest BCUT2D eigenvalue weighted by atomic mass is 16.6. The zero-order chi connectivity index (χ0) is 24.2. The van der Waals surface area contributed by atoms with E-state index in [-0.39, 0.29) is 18.1 Å². The van der Waals surface area contributed by atoms with Gasteiger partial charge in [0.1, 0.15) is 16.6 Å². The van der Waals surface area contributed by atoms with Gasteiger partial charge >= 0.3 is 11.9 Å². The van der Waals surface area contributed by atoms with Crippen LogP contribution in [-0.2, 0) is 19.1 Å². The van der Waals surface area contributed by atoms with Crippen molar-refractivity contribution in [2.75, 3.05) is 0 Å². The molecule has 0 saturated carbocycles. The van der Waals surface area contributed by atoms with Crippen LogP contribution in [-0.4, -0.2) is 33.4 Å². The summed E-state index contributed by atoms with van der Waals surface area (Å²) in [6.07, 6.45) is 13.0. The molecule has 32 heavy (non-hydrogen) atoms. The lowest BCUT2D eigenvalue weighted by Crippen LogP contribution is -2.51. The van der Waals surface area contributed by atoms with Crippen molar-refractivity contribution >= 4 is 11.9 Å². The summed E-state index contributed by atoms with van der Waals surface area (Å²) >= 11 is 0. The molecule has 0 aromatic rings. The van der Waals surface area contributed by atoms with Gasteiger partial charge in [0, 0.05) is 0 Å². The molecule has 0 radical (unpaired) electrons. The molecule has 2 rings (SSSR count). The topological polar surface area (TPSA) is 93.1 Å². The Hall–Kier alpha value is -2.50. The van der Waals surface area contributed by atoms with Crippen LogP contribution in [0.15, 0.2) is 48.0 Å². The number of hydrogen-bond acceptors (Lipinski definition) is 6. The van der Waals surface area contributed by atoms with Crippen LogP contribution in [0.2, 0.25) is 0 Å². The van der Waals surface area contributed by atoms with Gasteiger partial charge in [-0.2, -0.15) is 0 Å². The Morgan fingerprint density at radius 1 is 0.906 bits per heavy atom. The van der Waals surface area contributed by atoms with E-state index < -0.39 is 40.2 Å². The van der Waals surface area contributed by atoms with Gasteiger partial charge in [0.05, 0.1) is 5.92 Å². The average Bonchev–Trinajstić information content (AvgIpc) is 2.59. The van der Waals surface area contributed by atoms with E-state index in [1.165, 1.54) is 12.2 Å². The van der Waals surface area contributed by atoms with Crippen molar-refractivity contribution < 1.29 is 29.3 Å². The van der Waals surface area contributed by atoms with E-state index in [0.717, 1.165) is 0 Å². The second-order valence-corrected chi connectivity index (χ2v) is 10.6. The Labute approximate surface area is 191 Å². The van der Waals surface area contributed by atoms with Gasteiger partial charge in [-0.15, -0.1) is 0 Å². The minimum absolute atomic E-state index is 0.276. The maximum atomic E-state index is 13.9. The van der Waals surface area contributed by atoms with E-state index in [1.54, 1.807) is 41.5 Å². The first-order valence-corrected chi connectivity index (χ1v) is 11.4. The molecule has 0 aliphatic heterocycles. The first-order valence-electron chi connectivity index (χ1n) is 11.4. The fourth-order valence-electron chi connectivity index (χ4n) is 4.30. The van der Waals surface area contributed by atoms with Crippen molar-refractivity contribution in [3.63, 3.8) is 0 Å². The summed E-state index contributed by atoms with van der Waals surface area (Å²) in [6, 6.07) is 0. The molecule has 2 aliphatic rings. The lowest BCUT2D eigenvalue weighted by atomic mass is 9.61. The number of carbonyl (C=O) groups is 2. The molecule has 6 heteroatoms. The summed E-state index contributed by atoms with van der Waals surface area (Å²) in [5.74, 6) is -3.06. The van der Waals surface area contributed by atoms with E-state index in [4.69, 9.17) is 9.47 Å². The van der Waals surface area contributed by atoms with Crippen LogP contribution < -0.4 is 0 Å². The minimum atomic E-state index is -1.50. The predicted molar refractivity (Wildman–Crippen MR) is 124 cm³/mol.